The summed E-state index contributed by atoms with van der Waals surface area (Å²) in [5.74, 6) is 0. The van der Waals surface area contributed by atoms with Crippen LogP contribution >= 0.6 is 0 Å². The molecular weight excluding hydrogens is 136 g/mol. The van der Waals surface area contributed by atoms with Gasteiger partial charge in [-0.3, -0.25) is 0 Å². The van der Waals surface area contributed by atoms with Gasteiger partial charge in [-0.15, -0.1) is 0 Å². The van der Waals surface area contributed by atoms with Gasteiger partial charge in [0.25, 0.3) is 0 Å². The van der Waals surface area contributed by atoms with Crippen molar-refractivity contribution in [3.8, 4) is 0 Å². The molecule has 0 aromatic heterocycles. The van der Waals surface area contributed by atoms with Gasteiger partial charge >= 0.3 is 0 Å². The van der Waals surface area contributed by atoms with Crippen LogP contribution in [0.5, 0.6) is 0 Å². The molecule has 0 aromatic rings. The van der Waals surface area contributed by atoms with E-state index in [0.717, 1.165) is 4.28 Å². The van der Waals surface area contributed by atoms with Crippen LogP contribution in [0.3, 0.4) is 0 Å². The van der Waals surface area contributed by atoms with Crippen molar-refractivity contribution in [2.75, 3.05) is 0 Å². The molecule has 0 unspecified atom stereocenters. The first-order valence-corrected chi connectivity index (χ1v) is 6.97. The molecule has 0 N–H and O–H groups in total. The minimum absolute atomic E-state index is 1.02. The highest BCUT2D eigenvalue weighted by Gasteiger charge is 2.03. The lowest BCUT2D eigenvalue weighted by Gasteiger charge is -2.12. The highest BCUT2D eigenvalue weighted by atomic mass is 28.3. The van der Waals surface area contributed by atoms with Crippen LogP contribution in [-0.2, 0) is 0 Å². The van der Waals surface area contributed by atoms with Crippen LogP contribution in [0, 0.1) is 0 Å². The second-order valence-electron chi connectivity index (χ2n) is 2.91. The van der Waals surface area contributed by atoms with Gasteiger partial charge < -0.3 is 0 Å². The van der Waals surface area contributed by atoms with E-state index in [9.17, 15) is 0 Å². The predicted octanol–water partition coefficient (Wildman–Crippen LogP) is -4.06. The van der Waals surface area contributed by atoms with Crippen molar-refractivity contribution in [3.05, 3.63) is 0 Å². The molecule has 0 rings (SSSR count). The molecule has 0 aromatic carbocycles. The van der Waals surface area contributed by atoms with E-state index in [2.05, 4.69) is 0 Å². The summed E-state index contributed by atoms with van der Waals surface area (Å²) in [6.45, 7) is 0. The van der Waals surface area contributed by atoms with Gasteiger partial charge in [-0.05, 0) is 0 Å². The summed E-state index contributed by atoms with van der Waals surface area (Å²) in [7, 11) is 5.91. The van der Waals surface area contributed by atoms with E-state index in [0.29, 0.717) is 0 Å². The molecule has 0 radical (unpaired) electrons. The van der Waals surface area contributed by atoms with Crippen molar-refractivity contribution < 1.29 is 0 Å². The Morgan fingerprint density at radius 3 is 1.33 bits per heavy atom. The van der Waals surface area contributed by atoms with Crippen LogP contribution in [0.25, 0.3) is 0 Å². The lowest BCUT2D eigenvalue weighted by Crippen LogP contribution is -2.10. The Balaban J connectivity index is 3.17. The van der Waals surface area contributed by atoms with E-state index in [1.807, 2.05) is 0 Å². The summed E-state index contributed by atoms with van der Waals surface area (Å²) in [5, 5.41) is 0. The molecule has 0 saturated heterocycles. The minimum Gasteiger partial charge on any atom is -0.0695 e. The van der Waals surface area contributed by atoms with Crippen LogP contribution in [0.2, 0.25) is 10.3 Å². The SMILES string of the molecule is [SiH3]CC([SiH3])([SiH3])[SiH3]. The average Bonchev–Trinajstić information content (AvgIpc) is 1.35. The zero-order valence-corrected chi connectivity index (χ0v) is 13.2. The topological polar surface area (TPSA) is 0 Å². The van der Waals surface area contributed by atoms with E-state index in [-0.39, 0.29) is 0 Å². The third kappa shape index (κ3) is 4.87. The molecule has 6 heavy (non-hydrogen) atoms. The standard InChI is InChI=1S/C2H14Si4/c3-1-2(4,5)6/h1H2,3-6H3. The molecular formula is C2H14Si4. The molecule has 0 atom stereocenters. The molecule has 0 saturated carbocycles. The average molecular weight is 150 g/mol. The Morgan fingerprint density at radius 2 is 1.33 bits per heavy atom. The van der Waals surface area contributed by atoms with Crippen LogP contribution in [0.15, 0.2) is 0 Å². The fourth-order valence-electron chi connectivity index (χ4n) is 0. The Kier molecular flexibility index (Phi) is 2.57. The normalized spacial score (nSPS) is 22.0. The maximum atomic E-state index is 1.59. The fraction of sp³-hybridized carbons (Fsp3) is 1.00. The second kappa shape index (κ2) is 2.25. The number of rotatable bonds is 1. The van der Waals surface area contributed by atoms with Gasteiger partial charge in [0.2, 0.25) is 0 Å². The minimum atomic E-state index is 1.02. The highest BCUT2D eigenvalue weighted by Crippen LogP contribution is 2.10. The third-order valence-corrected chi connectivity index (χ3v) is 9.55. The van der Waals surface area contributed by atoms with E-state index >= 15 is 0 Å². The molecule has 0 spiro atoms. The fourth-order valence-corrected chi connectivity index (χ4v) is 0. The monoisotopic (exact) mass is 150 g/mol. The molecule has 4 heteroatoms. The molecule has 0 amide bonds. The summed E-state index contributed by atoms with van der Waals surface area (Å²) >= 11 is 0. The van der Waals surface area contributed by atoms with Crippen LogP contribution < -0.4 is 0 Å². The van der Waals surface area contributed by atoms with Crippen molar-refractivity contribution in [3.63, 3.8) is 0 Å². The summed E-state index contributed by atoms with van der Waals surface area (Å²) in [5.41, 5.74) is 0. The summed E-state index contributed by atoms with van der Waals surface area (Å²) in [4.78, 5) is 0. The smallest absolute Gasteiger partial charge is 0.00231 e. The summed E-state index contributed by atoms with van der Waals surface area (Å²) in [6, 6.07) is 1.59. The first kappa shape index (κ1) is 6.87. The van der Waals surface area contributed by atoms with Crippen LogP contribution in [-0.4, -0.2) is 41.0 Å². The maximum absolute atomic E-state index is 1.59. The Labute approximate surface area is 51.8 Å². The summed E-state index contributed by atoms with van der Waals surface area (Å²) in [6.07, 6.45) is 0. The van der Waals surface area contributed by atoms with Crippen molar-refractivity contribution >= 4 is 41.0 Å². The molecule has 0 nitrogen and oxygen atoms in total. The molecule has 0 aliphatic heterocycles. The van der Waals surface area contributed by atoms with Crippen molar-refractivity contribution in [2.24, 2.45) is 0 Å². The molecule has 0 bridgehead atoms. The highest BCUT2D eigenvalue weighted by molar-refractivity contribution is 6.60. The van der Waals surface area contributed by atoms with Crippen molar-refractivity contribution in [1.29, 1.82) is 0 Å². The van der Waals surface area contributed by atoms with E-state index < -0.39 is 0 Å². The molecule has 0 fully saturated rings. The molecule has 0 aliphatic carbocycles. The van der Waals surface area contributed by atoms with Gasteiger partial charge in [-0.25, -0.2) is 0 Å². The van der Waals surface area contributed by atoms with Gasteiger partial charge in [0.1, 0.15) is 0 Å². The Bertz CT molecular complexity index is 35.3. The largest absolute Gasteiger partial charge is 0.0695 e. The lowest BCUT2D eigenvalue weighted by molar-refractivity contribution is 1.23. The first-order chi connectivity index (χ1) is 2.56. The Hall–Kier alpha value is 0.868. The predicted molar refractivity (Wildman–Crippen MR) is 47.3 cm³/mol. The van der Waals surface area contributed by atoms with Gasteiger partial charge in [0.15, 0.2) is 0 Å². The molecule has 38 valence electrons. The number of hydrogen-bond donors (Lipinski definition) is 0. The van der Waals surface area contributed by atoms with Crippen LogP contribution in [0.1, 0.15) is 0 Å². The summed E-state index contributed by atoms with van der Waals surface area (Å²) < 4.78 is 1.02. The third-order valence-electron chi connectivity index (χ3n) is 1.06. The van der Waals surface area contributed by atoms with E-state index in [4.69, 9.17) is 0 Å². The van der Waals surface area contributed by atoms with Gasteiger partial charge in [-0.1, -0.05) is 10.3 Å². The Morgan fingerprint density at radius 1 is 1.17 bits per heavy atom. The molecule has 0 heterocycles. The van der Waals surface area contributed by atoms with Gasteiger partial charge in [0.05, 0.1) is 0 Å². The maximum Gasteiger partial charge on any atom is 0.00231 e. The van der Waals surface area contributed by atoms with Crippen LogP contribution in [0.4, 0.5) is 0 Å². The van der Waals surface area contributed by atoms with Gasteiger partial charge in [-0.2, -0.15) is 0 Å². The van der Waals surface area contributed by atoms with E-state index in [1.54, 1.807) is 6.04 Å². The lowest BCUT2D eigenvalue weighted by atomic mass is 10.9. The van der Waals surface area contributed by atoms with Gasteiger partial charge in [0, 0.05) is 41.0 Å². The zero-order chi connectivity index (χ0) is 5.21. The molecule has 0 aliphatic rings. The van der Waals surface area contributed by atoms with E-state index in [1.165, 1.54) is 41.0 Å². The quantitative estimate of drug-likeness (QED) is 0.334. The number of hydrogen-bond acceptors (Lipinski definition) is 0. The van der Waals surface area contributed by atoms with Crippen molar-refractivity contribution in [2.45, 2.75) is 10.3 Å². The van der Waals surface area contributed by atoms with Crippen molar-refractivity contribution in [1.82, 2.24) is 0 Å². The first-order valence-electron chi connectivity index (χ1n) is 2.56. The second-order valence-corrected chi connectivity index (χ2v) is 17.7. The zero-order valence-electron chi connectivity index (χ0n) is 5.21.